The van der Waals surface area contributed by atoms with E-state index in [1.54, 1.807) is 6.20 Å². The number of alkyl halides is 3. The molecule has 0 saturated carbocycles. The van der Waals surface area contributed by atoms with Crippen LogP contribution in [0.5, 0.6) is 0 Å². The van der Waals surface area contributed by atoms with Crippen LogP contribution in [-0.4, -0.2) is 22.5 Å². The minimum absolute atomic E-state index is 0.239. The van der Waals surface area contributed by atoms with Crippen molar-refractivity contribution in [3.05, 3.63) is 57.8 Å². The first-order chi connectivity index (χ1) is 10.3. The summed E-state index contributed by atoms with van der Waals surface area (Å²) in [5.41, 5.74) is -0.953. The average molecular weight is 377 g/mol. The van der Waals surface area contributed by atoms with Gasteiger partial charge in [-0.25, -0.2) is 0 Å². The molecule has 3 N–H and O–H groups in total. The van der Waals surface area contributed by atoms with Gasteiger partial charge in [-0.2, -0.15) is 13.2 Å². The maximum Gasteiger partial charge on any atom is 0.416 e. The van der Waals surface area contributed by atoms with E-state index in [0.717, 1.165) is 6.07 Å². The standard InChI is InChI=1S/C14H12BrF3N2O2/c15-8-5-11(19-6-8)13(22)20-7-12(21)9-3-1-2-4-10(9)14(16,17)18/h1-6,12,19,21H,7H2,(H,20,22)/t12-/m1/s1. The number of hydrogen-bond donors (Lipinski definition) is 3. The topological polar surface area (TPSA) is 65.1 Å². The van der Waals surface area contributed by atoms with E-state index in [0.29, 0.717) is 4.47 Å². The molecule has 4 nitrogen and oxygen atoms in total. The van der Waals surface area contributed by atoms with E-state index in [-0.39, 0.29) is 17.8 Å². The van der Waals surface area contributed by atoms with Crippen molar-refractivity contribution in [2.24, 2.45) is 0 Å². The fourth-order valence-electron chi connectivity index (χ4n) is 1.94. The number of hydrogen-bond acceptors (Lipinski definition) is 2. The van der Waals surface area contributed by atoms with Crippen molar-refractivity contribution in [1.82, 2.24) is 10.3 Å². The Bertz CT molecular complexity index is 670. The van der Waals surface area contributed by atoms with Crippen molar-refractivity contribution in [2.75, 3.05) is 6.54 Å². The Morgan fingerprint density at radius 2 is 2.05 bits per heavy atom. The zero-order chi connectivity index (χ0) is 16.3. The second-order valence-corrected chi connectivity index (χ2v) is 5.46. The van der Waals surface area contributed by atoms with Crippen molar-refractivity contribution in [3.8, 4) is 0 Å². The molecule has 0 aliphatic rings. The first kappa shape index (κ1) is 16.6. The van der Waals surface area contributed by atoms with Gasteiger partial charge in [-0.05, 0) is 33.6 Å². The van der Waals surface area contributed by atoms with Gasteiger partial charge in [0.05, 0.1) is 11.7 Å². The molecule has 1 heterocycles. The molecule has 8 heteroatoms. The van der Waals surface area contributed by atoms with Crippen LogP contribution in [0.3, 0.4) is 0 Å². The second-order valence-electron chi connectivity index (χ2n) is 4.54. The highest BCUT2D eigenvalue weighted by Crippen LogP contribution is 2.34. The Hall–Kier alpha value is -1.80. The van der Waals surface area contributed by atoms with Gasteiger partial charge in [-0.15, -0.1) is 0 Å². The first-order valence-electron chi connectivity index (χ1n) is 6.25. The van der Waals surface area contributed by atoms with E-state index in [9.17, 15) is 23.1 Å². The summed E-state index contributed by atoms with van der Waals surface area (Å²) in [4.78, 5) is 14.5. The quantitative estimate of drug-likeness (QED) is 0.766. The summed E-state index contributed by atoms with van der Waals surface area (Å²) in [6, 6.07) is 6.24. The molecule has 118 valence electrons. The van der Waals surface area contributed by atoms with Crippen LogP contribution in [0.4, 0.5) is 13.2 Å². The summed E-state index contributed by atoms with van der Waals surface area (Å²) in [5.74, 6) is -0.519. The lowest BCUT2D eigenvalue weighted by molar-refractivity contribution is -0.139. The molecule has 0 fully saturated rings. The van der Waals surface area contributed by atoms with Gasteiger partial charge in [0.15, 0.2) is 0 Å². The smallest absolute Gasteiger partial charge is 0.387 e. The maximum atomic E-state index is 12.9. The van der Waals surface area contributed by atoms with Crippen LogP contribution in [0.15, 0.2) is 41.0 Å². The monoisotopic (exact) mass is 376 g/mol. The number of carbonyl (C=O) groups is 1. The van der Waals surface area contributed by atoms with Gasteiger partial charge < -0.3 is 15.4 Å². The van der Waals surface area contributed by atoms with Gasteiger partial charge in [-0.1, -0.05) is 18.2 Å². The molecular weight excluding hydrogens is 365 g/mol. The number of benzene rings is 1. The van der Waals surface area contributed by atoms with Crippen LogP contribution < -0.4 is 5.32 Å². The van der Waals surface area contributed by atoms with Gasteiger partial charge in [0, 0.05) is 17.2 Å². The van der Waals surface area contributed by atoms with E-state index in [2.05, 4.69) is 26.2 Å². The number of amides is 1. The summed E-state index contributed by atoms with van der Waals surface area (Å²) in [5, 5.41) is 12.3. The summed E-state index contributed by atoms with van der Waals surface area (Å²) < 4.78 is 39.3. The normalized spacial score (nSPS) is 13.0. The van der Waals surface area contributed by atoms with E-state index in [1.807, 2.05) is 0 Å². The number of aromatic nitrogens is 1. The summed E-state index contributed by atoms with van der Waals surface area (Å²) >= 11 is 3.16. The largest absolute Gasteiger partial charge is 0.416 e. The Balaban J connectivity index is 2.07. The van der Waals surface area contributed by atoms with Crippen molar-refractivity contribution < 1.29 is 23.1 Å². The third kappa shape index (κ3) is 3.89. The molecule has 0 radical (unpaired) electrons. The van der Waals surface area contributed by atoms with Gasteiger partial charge in [0.25, 0.3) is 5.91 Å². The van der Waals surface area contributed by atoms with Gasteiger partial charge >= 0.3 is 6.18 Å². The average Bonchev–Trinajstić information content (AvgIpc) is 2.90. The molecule has 0 bridgehead atoms. The molecule has 0 aliphatic heterocycles. The third-order valence-electron chi connectivity index (χ3n) is 2.97. The lowest BCUT2D eigenvalue weighted by Gasteiger charge is -2.17. The van der Waals surface area contributed by atoms with Crippen LogP contribution in [0.25, 0.3) is 0 Å². The Kier molecular flexibility index (Phi) is 4.92. The van der Waals surface area contributed by atoms with Crippen LogP contribution in [0, 0.1) is 0 Å². The highest BCUT2D eigenvalue weighted by molar-refractivity contribution is 9.10. The number of aromatic amines is 1. The van der Waals surface area contributed by atoms with Crippen molar-refractivity contribution in [1.29, 1.82) is 0 Å². The van der Waals surface area contributed by atoms with Crippen LogP contribution >= 0.6 is 15.9 Å². The fraction of sp³-hybridized carbons (Fsp3) is 0.214. The Morgan fingerprint density at radius 1 is 1.36 bits per heavy atom. The third-order valence-corrected chi connectivity index (χ3v) is 3.43. The maximum absolute atomic E-state index is 12.9. The van der Waals surface area contributed by atoms with E-state index >= 15 is 0 Å². The number of halogens is 4. The summed E-state index contributed by atoms with van der Waals surface area (Å²) in [6.45, 7) is -0.331. The van der Waals surface area contributed by atoms with Crippen molar-refractivity contribution >= 4 is 21.8 Å². The number of rotatable bonds is 4. The molecule has 0 spiro atoms. The summed E-state index contributed by atoms with van der Waals surface area (Å²) in [7, 11) is 0. The minimum Gasteiger partial charge on any atom is -0.387 e. The Labute approximate surface area is 132 Å². The molecular formula is C14H12BrF3N2O2. The van der Waals surface area contributed by atoms with E-state index in [4.69, 9.17) is 0 Å². The fourth-order valence-corrected chi connectivity index (χ4v) is 2.28. The lowest BCUT2D eigenvalue weighted by atomic mass is 10.0. The zero-order valence-corrected chi connectivity index (χ0v) is 12.7. The number of aliphatic hydroxyl groups is 1. The van der Waals surface area contributed by atoms with Crippen molar-refractivity contribution in [3.63, 3.8) is 0 Å². The first-order valence-corrected chi connectivity index (χ1v) is 7.04. The second kappa shape index (κ2) is 6.53. The lowest BCUT2D eigenvalue weighted by Crippen LogP contribution is -2.29. The predicted octanol–water partition coefficient (Wildman–Crippen LogP) is 3.26. The van der Waals surface area contributed by atoms with Crippen LogP contribution in [-0.2, 0) is 6.18 Å². The van der Waals surface area contributed by atoms with E-state index < -0.39 is 23.8 Å². The number of nitrogens with one attached hydrogen (secondary N) is 2. The Morgan fingerprint density at radius 3 is 2.64 bits per heavy atom. The highest BCUT2D eigenvalue weighted by Gasteiger charge is 2.34. The zero-order valence-electron chi connectivity index (χ0n) is 11.1. The summed E-state index contributed by atoms with van der Waals surface area (Å²) in [6.07, 6.45) is -4.48. The van der Waals surface area contributed by atoms with Gasteiger partial charge in [0.1, 0.15) is 5.69 Å². The van der Waals surface area contributed by atoms with Gasteiger partial charge in [0.2, 0.25) is 0 Å². The molecule has 0 aliphatic carbocycles. The molecule has 2 aromatic rings. The highest BCUT2D eigenvalue weighted by atomic mass is 79.9. The molecule has 2 rings (SSSR count). The predicted molar refractivity (Wildman–Crippen MR) is 77.2 cm³/mol. The molecule has 0 unspecified atom stereocenters. The van der Waals surface area contributed by atoms with Gasteiger partial charge in [-0.3, -0.25) is 4.79 Å². The molecule has 0 saturated heterocycles. The molecule has 1 aromatic heterocycles. The minimum atomic E-state index is -4.56. The number of H-pyrrole nitrogens is 1. The molecule has 1 amide bonds. The number of aliphatic hydroxyl groups excluding tert-OH is 1. The number of carbonyl (C=O) groups excluding carboxylic acids is 1. The van der Waals surface area contributed by atoms with Crippen LogP contribution in [0.1, 0.15) is 27.7 Å². The van der Waals surface area contributed by atoms with Crippen LogP contribution in [0.2, 0.25) is 0 Å². The van der Waals surface area contributed by atoms with Crippen molar-refractivity contribution in [2.45, 2.75) is 12.3 Å². The molecule has 22 heavy (non-hydrogen) atoms. The SMILES string of the molecule is O=C(NC[C@@H](O)c1ccccc1C(F)(F)F)c1cc(Br)c[nH]1. The molecule has 1 atom stereocenters. The van der Waals surface area contributed by atoms with E-state index in [1.165, 1.54) is 24.3 Å². The molecule has 1 aromatic carbocycles.